The lowest BCUT2D eigenvalue weighted by Gasteiger charge is -2.22. The Morgan fingerprint density at radius 2 is 1.90 bits per heavy atom. The van der Waals surface area contributed by atoms with Crippen molar-refractivity contribution in [1.29, 1.82) is 0 Å². The minimum absolute atomic E-state index is 0.177. The number of aromatic nitrogens is 4. The van der Waals surface area contributed by atoms with Crippen LogP contribution in [0, 0.1) is 0 Å². The van der Waals surface area contributed by atoms with Crippen LogP contribution in [0.1, 0.15) is 37.2 Å². The van der Waals surface area contributed by atoms with E-state index < -0.39 is 0 Å². The number of nitrogens with zero attached hydrogens (tertiary/aromatic N) is 4. The molecule has 6 heteroatoms. The molecule has 0 unspecified atom stereocenters. The Balaban J connectivity index is 2.08. The maximum atomic E-state index is 5.76. The zero-order valence-corrected chi connectivity index (χ0v) is 12.6. The summed E-state index contributed by atoms with van der Waals surface area (Å²) >= 11 is 1.59. The maximum Gasteiger partial charge on any atom is 0.234 e. The fourth-order valence-corrected chi connectivity index (χ4v) is 3.14. The smallest absolute Gasteiger partial charge is 0.234 e. The zero-order valence-electron chi connectivity index (χ0n) is 11.8. The molecule has 0 radical (unpaired) electrons. The topological polar surface area (TPSA) is 69.1 Å². The highest BCUT2D eigenvalue weighted by Crippen LogP contribution is 2.34. The Kier molecular flexibility index (Phi) is 2.97. The van der Waals surface area contributed by atoms with Crippen molar-refractivity contribution >= 4 is 22.0 Å². The van der Waals surface area contributed by atoms with Crippen molar-refractivity contribution in [1.82, 2.24) is 19.8 Å². The number of nitrogens with two attached hydrogens (primary N) is 1. The Hall–Kier alpha value is -1.95. The van der Waals surface area contributed by atoms with Gasteiger partial charge in [0.05, 0.1) is 0 Å². The molecule has 0 bridgehead atoms. The van der Waals surface area contributed by atoms with Crippen LogP contribution >= 0.6 is 11.3 Å². The summed E-state index contributed by atoms with van der Waals surface area (Å²) in [5, 5.41) is 14.0. The fourth-order valence-electron chi connectivity index (χ4n) is 2.15. The second-order valence-electron chi connectivity index (χ2n) is 5.32. The first-order valence-electron chi connectivity index (χ1n) is 6.60. The summed E-state index contributed by atoms with van der Waals surface area (Å²) in [4.78, 5) is 0.848. The number of fused-ring (bicyclic) bond motifs is 1. The molecule has 20 heavy (non-hydrogen) atoms. The van der Waals surface area contributed by atoms with E-state index in [-0.39, 0.29) is 5.41 Å². The zero-order chi connectivity index (χ0) is 14.3. The van der Waals surface area contributed by atoms with Crippen molar-refractivity contribution in [3.05, 3.63) is 40.7 Å². The van der Waals surface area contributed by atoms with Gasteiger partial charge in [0.1, 0.15) is 5.01 Å². The molecule has 2 aromatic heterocycles. The summed E-state index contributed by atoms with van der Waals surface area (Å²) in [7, 11) is 0. The van der Waals surface area contributed by atoms with E-state index in [0.29, 0.717) is 0 Å². The monoisotopic (exact) mass is 287 g/mol. The highest BCUT2D eigenvalue weighted by molar-refractivity contribution is 7.16. The van der Waals surface area contributed by atoms with Crippen molar-refractivity contribution in [2.45, 2.75) is 32.6 Å². The van der Waals surface area contributed by atoms with Gasteiger partial charge in [-0.05, 0) is 31.5 Å². The molecule has 0 spiro atoms. The standard InChI is InChI=1S/C14H17N5S/c1-4-11-16-17-13-19(11)18-12(20-13)14(2,3)9-5-7-10(15)8-6-9/h5-8H,4,15H2,1-3H3. The lowest BCUT2D eigenvalue weighted by molar-refractivity contribution is 0.616. The molecular formula is C14H17N5S. The highest BCUT2D eigenvalue weighted by atomic mass is 32.1. The van der Waals surface area contributed by atoms with Crippen LogP contribution in [0.5, 0.6) is 0 Å². The van der Waals surface area contributed by atoms with Gasteiger partial charge in [0.25, 0.3) is 0 Å². The van der Waals surface area contributed by atoms with E-state index in [1.165, 1.54) is 5.56 Å². The third-order valence-electron chi connectivity index (χ3n) is 3.54. The Morgan fingerprint density at radius 1 is 1.20 bits per heavy atom. The molecule has 2 heterocycles. The molecule has 0 aliphatic rings. The van der Waals surface area contributed by atoms with Gasteiger partial charge in [0.2, 0.25) is 4.96 Å². The Morgan fingerprint density at radius 3 is 2.55 bits per heavy atom. The van der Waals surface area contributed by atoms with Crippen LogP contribution in [0.2, 0.25) is 0 Å². The van der Waals surface area contributed by atoms with Crippen LogP contribution in [0.3, 0.4) is 0 Å². The summed E-state index contributed by atoms with van der Waals surface area (Å²) < 4.78 is 1.85. The van der Waals surface area contributed by atoms with Crippen LogP contribution < -0.4 is 5.73 Å². The van der Waals surface area contributed by atoms with Gasteiger partial charge < -0.3 is 5.73 Å². The summed E-state index contributed by atoms with van der Waals surface area (Å²) in [5.74, 6) is 0.899. The van der Waals surface area contributed by atoms with E-state index in [9.17, 15) is 0 Å². The minimum atomic E-state index is -0.177. The maximum absolute atomic E-state index is 5.76. The fraction of sp³-hybridized carbons (Fsp3) is 0.357. The molecule has 0 saturated carbocycles. The van der Waals surface area contributed by atoms with E-state index in [0.717, 1.165) is 27.9 Å². The van der Waals surface area contributed by atoms with Crippen LogP contribution in [0.15, 0.2) is 24.3 Å². The molecular weight excluding hydrogens is 270 g/mol. The number of anilines is 1. The first-order chi connectivity index (χ1) is 9.52. The van der Waals surface area contributed by atoms with Crippen LogP contribution in [-0.4, -0.2) is 19.8 Å². The average molecular weight is 287 g/mol. The van der Waals surface area contributed by atoms with Crippen molar-refractivity contribution in [2.75, 3.05) is 5.73 Å². The summed E-state index contributed by atoms with van der Waals surface area (Å²) in [6, 6.07) is 7.96. The van der Waals surface area contributed by atoms with Gasteiger partial charge in [-0.3, -0.25) is 0 Å². The number of aryl methyl sites for hydroxylation is 1. The van der Waals surface area contributed by atoms with Crippen LogP contribution in [0.4, 0.5) is 5.69 Å². The lowest BCUT2D eigenvalue weighted by Crippen LogP contribution is -2.19. The third-order valence-corrected chi connectivity index (χ3v) is 4.76. The highest BCUT2D eigenvalue weighted by Gasteiger charge is 2.28. The van der Waals surface area contributed by atoms with Crippen LogP contribution in [-0.2, 0) is 11.8 Å². The third kappa shape index (κ3) is 1.96. The van der Waals surface area contributed by atoms with E-state index in [4.69, 9.17) is 10.8 Å². The van der Waals surface area contributed by atoms with Gasteiger partial charge in [-0.25, -0.2) is 0 Å². The van der Waals surface area contributed by atoms with Crippen molar-refractivity contribution in [3.63, 3.8) is 0 Å². The quantitative estimate of drug-likeness (QED) is 0.752. The number of nitrogen functional groups attached to an aromatic ring is 1. The minimum Gasteiger partial charge on any atom is -0.399 e. The Labute approximate surface area is 121 Å². The first kappa shape index (κ1) is 13.1. The van der Waals surface area contributed by atoms with Gasteiger partial charge in [-0.15, -0.1) is 10.2 Å². The second kappa shape index (κ2) is 4.56. The lowest BCUT2D eigenvalue weighted by atomic mass is 9.85. The molecule has 5 nitrogen and oxygen atoms in total. The van der Waals surface area contributed by atoms with E-state index in [1.807, 2.05) is 16.6 Å². The number of benzene rings is 1. The normalized spacial score (nSPS) is 12.2. The van der Waals surface area contributed by atoms with Crippen LogP contribution in [0.25, 0.3) is 4.96 Å². The molecule has 3 rings (SSSR count). The summed E-state index contributed by atoms with van der Waals surface area (Å²) in [6.45, 7) is 6.38. The van der Waals surface area contributed by atoms with Crippen molar-refractivity contribution in [2.24, 2.45) is 0 Å². The SMILES string of the molecule is CCc1nnc2sc(C(C)(C)c3ccc(N)cc3)nn12. The number of rotatable bonds is 3. The van der Waals surface area contributed by atoms with E-state index in [1.54, 1.807) is 11.3 Å². The summed E-state index contributed by atoms with van der Waals surface area (Å²) in [5.41, 5.74) is 7.54. The molecule has 0 amide bonds. The molecule has 0 aliphatic carbocycles. The van der Waals surface area contributed by atoms with E-state index in [2.05, 4.69) is 43.1 Å². The average Bonchev–Trinajstić information content (AvgIpc) is 2.99. The first-order valence-corrected chi connectivity index (χ1v) is 7.41. The van der Waals surface area contributed by atoms with Crippen molar-refractivity contribution < 1.29 is 0 Å². The summed E-state index contributed by atoms with van der Waals surface area (Å²) in [6.07, 6.45) is 0.826. The van der Waals surface area contributed by atoms with Gasteiger partial charge in [-0.1, -0.05) is 30.4 Å². The molecule has 3 aromatic rings. The number of hydrogen-bond donors (Lipinski definition) is 1. The molecule has 0 saturated heterocycles. The second-order valence-corrected chi connectivity index (χ2v) is 6.27. The number of hydrogen-bond acceptors (Lipinski definition) is 5. The molecule has 0 atom stereocenters. The molecule has 2 N–H and O–H groups in total. The van der Waals surface area contributed by atoms with Gasteiger partial charge in [-0.2, -0.15) is 9.61 Å². The molecule has 0 fully saturated rings. The van der Waals surface area contributed by atoms with Gasteiger partial charge in [0.15, 0.2) is 5.82 Å². The predicted octanol–water partition coefficient (Wildman–Crippen LogP) is 2.66. The van der Waals surface area contributed by atoms with Gasteiger partial charge in [0, 0.05) is 17.5 Å². The molecule has 1 aromatic carbocycles. The largest absolute Gasteiger partial charge is 0.399 e. The Bertz CT molecular complexity index is 739. The van der Waals surface area contributed by atoms with Gasteiger partial charge >= 0.3 is 0 Å². The molecule has 104 valence electrons. The predicted molar refractivity (Wildman–Crippen MR) is 81.0 cm³/mol. The van der Waals surface area contributed by atoms with E-state index >= 15 is 0 Å². The van der Waals surface area contributed by atoms with Crippen molar-refractivity contribution in [3.8, 4) is 0 Å². The molecule has 0 aliphatic heterocycles.